The molecule has 4 heteroatoms. The molecule has 2 nitrogen and oxygen atoms in total. The van der Waals surface area contributed by atoms with Gasteiger partial charge in [0.1, 0.15) is 23.3 Å². The van der Waals surface area contributed by atoms with Gasteiger partial charge in [-0.2, -0.15) is 5.26 Å². The Kier molecular flexibility index (Phi) is 2.47. The van der Waals surface area contributed by atoms with Crippen LogP contribution in [-0.4, -0.2) is 14.1 Å². The normalized spacial score (nSPS) is 9.46. The van der Waals surface area contributed by atoms with Crippen LogP contribution in [0.3, 0.4) is 0 Å². The smallest absolute Gasteiger partial charge is 0.146 e. The highest BCUT2D eigenvalue weighted by Crippen LogP contribution is 2.19. The Morgan fingerprint density at radius 3 is 2.00 bits per heavy atom. The first kappa shape index (κ1) is 9.46. The maximum Gasteiger partial charge on any atom is 0.146 e. The average Bonchev–Trinajstić information content (AvgIpc) is 2.03. The minimum atomic E-state index is -0.828. The molecule has 0 aliphatic heterocycles. The van der Waals surface area contributed by atoms with Gasteiger partial charge in [0, 0.05) is 19.8 Å². The van der Waals surface area contributed by atoms with Crippen LogP contribution in [0.2, 0.25) is 0 Å². The van der Waals surface area contributed by atoms with Gasteiger partial charge in [0.05, 0.1) is 0 Å². The summed E-state index contributed by atoms with van der Waals surface area (Å²) in [5.74, 6) is -1.66. The molecule has 0 unspecified atom stereocenters. The number of benzene rings is 1. The summed E-state index contributed by atoms with van der Waals surface area (Å²) in [5, 5.41) is 8.39. The van der Waals surface area contributed by atoms with E-state index >= 15 is 0 Å². The van der Waals surface area contributed by atoms with Gasteiger partial charge in [0.25, 0.3) is 0 Å². The van der Waals surface area contributed by atoms with Gasteiger partial charge in [-0.3, -0.25) is 0 Å². The highest BCUT2D eigenvalue weighted by Gasteiger charge is 2.10. The highest BCUT2D eigenvalue weighted by molar-refractivity contribution is 5.50. The molecule has 0 bridgehead atoms. The molecule has 0 atom stereocenters. The van der Waals surface area contributed by atoms with E-state index in [1.807, 2.05) is 0 Å². The van der Waals surface area contributed by atoms with E-state index < -0.39 is 17.2 Å². The molecule has 0 aliphatic rings. The zero-order valence-electron chi connectivity index (χ0n) is 7.31. The van der Waals surface area contributed by atoms with Crippen molar-refractivity contribution < 1.29 is 8.78 Å². The van der Waals surface area contributed by atoms with Crippen LogP contribution in [0.1, 0.15) is 5.56 Å². The Hall–Kier alpha value is -1.63. The van der Waals surface area contributed by atoms with Gasteiger partial charge in [-0.05, 0) is 12.1 Å². The second-order valence-corrected chi connectivity index (χ2v) is 2.79. The monoisotopic (exact) mass is 182 g/mol. The maximum absolute atomic E-state index is 13.0. The minimum Gasteiger partial charge on any atom is -0.377 e. The molecule has 1 rings (SSSR count). The van der Waals surface area contributed by atoms with E-state index in [0.29, 0.717) is 5.69 Å². The Bertz CT molecular complexity index is 343. The van der Waals surface area contributed by atoms with Gasteiger partial charge in [-0.1, -0.05) is 0 Å². The SMILES string of the molecule is CN(C)c1cc(F)c(C#N)c(F)c1. The summed E-state index contributed by atoms with van der Waals surface area (Å²) in [7, 11) is 3.33. The van der Waals surface area contributed by atoms with Crippen molar-refractivity contribution in [1.82, 2.24) is 0 Å². The molecule has 0 saturated heterocycles. The van der Waals surface area contributed by atoms with Crippen molar-refractivity contribution in [3.05, 3.63) is 29.3 Å². The molecule has 0 aliphatic carbocycles. The molecule has 0 spiro atoms. The first-order valence-corrected chi connectivity index (χ1v) is 3.62. The molecule has 1 aromatic rings. The largest absolute Gasteiger partial charge is 0.377 e. The van der Waals surface area contributed by atoms with E-state index in [0.717, 1.165) is 12.1 Å². The van der Waals surface area contributed by atoms with Crippen molar-refractivity contribution >= 4 is 5.69 Å². The van der Waals surface area contributed by atoms with E-state index in [4.69, 9.17) is 5.26 Å². The van der Waals surface area contributed by atoms with Crippen molar-refractivity contribution in [2.24, 2.45) is 0 Å². The van der Waals surface area contributed by atoms with E-state index in [-0.39, 0.29) is 0 Å². The summed E-state index contributed by atoms with van der Waals surface area (Å²) in [5.41, 5.74) is -0.139. The third-order valence-electron chi connectivity index (χ3n) is 1.66. The first-order valence-electron chi connectivity index (χ1n) is 3.62. The fourth-order valence-electron chi connectivity index (χ4n) is 0.925. The summed E-state index contributed by atoms with van der Waals surface area (Å²) in [6.45, 7) is 0. The minimum absolute atomic E-state index is 0.397. The summed E-state index contributed by atoms with van der Waals surface area (Å²) in [4.78, 5) is 1.56. The number of anilines is 1. The van der Waals surface area contributed by atoms with Gasteiger partial charge in [-0.15, -0.1) is 0 Å². The third kappa shape index (κ3) is 1.75. The molecule has 0 radical (unpaired) electrons. The van der Waals surface area contributed by atoms with E-state index in [9.17, 15) is 8.78 Å². The standard InChI is InChI=1S/C9H8F2N2/c1-13(2)6-3-8(10)7(5-12)9(11)4-6/h3-4H,1-2H3. The lowest BCUT2D eigenvalue weighted by Crippen LogP contribution is -2.09. The topological polar surface area (TPSA) is 27.0 Å². The second kappa shape index (κ2) is 3.40. The Morgan fingerprint density at radius 2 is 1.69 bits per heavy atom. The van der Waals surface area contributed by atoms with Gasteiger partial charge in [-0.25, -0.2) is 8.78 Å². The van der Waals surface area contributed by atoms with Crippen LogP contribution in [0.5, 0.6) is 0 Å². The lowest BCUT2D eigenvalue weighted by Gasteiger charge is -2.12. The quantitative estimate of drug-likeness (QED) is 0.663. The van der Waals surface area contributed by atoms with Gasteiger partial charge in [0.15, 0.2) is 0 Å². The molecule has 0 heterocycles. The van der Waals surface area contributed by atoms with E-state index in [1.165, 1.54) is 6.07 Å². The summed E-state index contributed by atoms with van der Waals surface area (Å²) in [6, 6.07) is 3.71. The predicted octanol–water partition coefficient (Wildman–Crippen LogP) is 1.90. The molecule has 0 N–H and O–H groups in total. The summed E-state index contributed by atoms with van der Waals surface area (Å²) < 4.78 is 26.0. The average molecular weight is 182 g/mol. The molecule has 0 saturated carbocycles. The zero-order chi connectivity index (χ0) is 10.0. The van der Waals surface area contributed by atoms with E-state index in [1.54, 1.807) is 19.0 Å². The van der Waals surface area contributed by atoms with Crippen LogP contribution in [0, 0.1) is 23.0 Å². The Labute approximate surface area is 75.0 Å². The number of nitriles is 1. The van der Waals surface area contributed by atoms with Gasteiger partial charge >= 0.3 is 0 Å². The molecule has 0 amide bonds. The summed E-state index contributed by atoms with van der Waals surface area (Å²) in [6.07, 6.45) is 0. The molecule has 68 valence electrons. The first-order chi connectivity index (χ1) is 6.06. The number of nitrogens with zero attached hydrogens (tertiary/aromatic N) is 2. The fraction of sp³-hybridized carbons (Fsp3) is 0.222. The molecule has 1 aromatic carbocycles. The molecular formula is C9H8F2N2. The Morgan fingerprint density at radius 1 is 1.23 bits per heavy atom. The summed E-state index contributed by atoms with van der Waals surface area (Å²) >= 11 is 0. The number of hydrogen-bond donors (Lipinski definition) is 0. The zero-order valence-corrected chi connectivity index (χ0v) is 7.31. The van der Waals surface area contributed by atoms with Crippen molar-refractivity contribution in [3.63, 3.8) is 0 Å². The van der Waals surface area contributed by atoms with Crippen LogP contribution < -0.4 is 4.90 Å². The third-order valence-corrected chi connectivity index (χ3v) is 1.66. The highest BCUT2D eigenvalue weighted by atomic mass is 19.1. The van der Waals surface area contributed by atoms with Gasteiger partial charge in [0.2, 0.25) is 0 Å². The second-order valence-electron chi connectivity index (χ2n) is 2.79. The van der Waals surface area contributed by atoms with Crippen LogP contribution in [0.15, 0.2) is 12.1 Å². The number of hydrogen-bond acceptors (Lipinski definition) is 2. The molecule has 0 aromatic heterocycles. The van der Waals surface area contributed by atoms with Crippen molar-refractivity contribution in [3.8, 4) is 6.07 Å². The lowest BCUT2D eigenvalue weighted by molar-refractivity contribution is 0.576. The maximum atomic E-state index is 13.0. The predicted molar refractivity (Wildman–Crippen MR) is 45.4 cm³/mol. The molecule has 0 fully saturated rings. The van der Waals surface area contributed by atoms with Gasteiger partial charge < -0.3 is 4.90 Å². The Balaban J connectivity index is 3.30. The molecular weight excluding hydrogens is 174 g/mol. The van der Waals surface area contributed by atoms with Crippen LogP contribution in [0.25, 0.3) is 0 Å². The van der Waals surface area contributed by atoms with Crippen molar-refractivity contribution in [2.75, 3.05) is 19.0 Å². The molecule has 13 heavy (non-hydrogen) atoms. The van der Waals surface area contributed by atoms with Crippen LogP contribution >= 0.6 is 0 Å². The van der Waals surface area contributed by atoms with Crippen molar-refractivity contribution in [2.45, 2.75) is 0 Å². The lowest BCUT2D eigenvalue weighted by atomic mass is 10.2. The van der Waals surface area contributed by atoms with Crippen LogP contribution in [-0.2, 0) is 0 Å². The van der Waals surface area contributed by atoms with Crippen molar-refractivity contribution in [1.29, 1.82) is 5.26 Å². The van der Waals surface area contributed by atoms with E-state index in [2.05, 4.69) is 0 Å². The number of rotatable bonds is 1. The number of halogens is 2. The van der Waals surface area contributed by atoms with Crippen LogP contribution in [0.4, 0.5) is 14.5 Å². The fourth-order valence-corrected chi connectivity index (χ4v) is 0.925.